The summed E-state index contributed by atoms with van der Waals surface area (Å²) in [7, 11) is 0. The molecule has 1 rings (SSSR count). The number of esters is 1. The van der Waals surface area contributed by atoms with Gasteiger partial charge in [-0.1, -0.05) is 17.7 Å². The maximum atomic E-state index is 11.1. The lowest BCUT2D eigenvalue weighted by atomic mass is 10.1. The highest BCUT2D eigenvalue weighted by atomic mass is 79.9. The van der Waals surface area contributed by atoms with Crippen molar-refractivity contribution in [3.8, 4) is 0 Å². The second kappa shape index (κ2) is 4.26. The lowest BCUT2D eigenvalue weighted by molar-refractivity contribution is 0.0584. The fourth-order valence-electron chi connectivity index (χ4n) is 0.905. The van der Waals surface area contributed by atoms with Gasteiger partial charge in [0.1, 0.15) is 5.52 Å². The quantitative estimate of drug-likeness (QED) is 0.575. The first-order valence-electron chi connectivity index (χ1n) is 3.54. The van der Waals surface area contributed by atoms with Crippen molar-refractivity contribution in [1.29, 1.82) is 0 Å². The average molecular weight is 229 g/mol. The van der Waals surface area contributed by atoms with Crippen molar-refractivity contribution < 1.29 is 9.53 Å². The number of hydrogen-bond acceptors (Lipinski definition) is 2. The van der Waals surface area contributed by atoms with Crippen LogP contribution in [0.15, 0.2) is 24.3 Å². The third-order valence-corrected chi connectivity index (χ3v) is 1.67. The summed E-state index contributed by atoms with van der Waals surface area (Å²) in [5.74, 6) is -0.296. The Hall–Kier alpha value is -0.830. The van der Waals surface area contributed by atoms with Gasteiger partial charge in [0.2, 0.25) is 0 Å². The molecule has 0 aliphatic carbocycles. The first kappa shape index (κ1) is 9.26. The maximum Gasteiger partial charge on any atom is 0.338 e. The molecule has 2 nitrogen and oxygen atoms in total. The molecule has 0 atom stereocenters. The highest BCUT2D eigenvalue weighted by Crippen LogP contribution is 2.05. The Labute approximate surface area is 79.7 Å². The highest BCUT2D eigenvalue weighted by Gasteiger charge is 2.04. The number of carbonyl (C=O) groups excluding carboxylic acids is 1. The molecule has 0 spiro atoms. The van der Waals surface area contributed by atoms with E-state index in [4.69, 9.17) is 4.74 Å². The molecule has 0 radical (unpaired) electrons. The van der Waals surface area contributed by atoms with Crippen molar-refractivity contribution >= 4 is 21.9 Å². The van der Waals surface area contributed by atoms with Crippen LogP contribution in [-0.4, -0.2) is 11.5 Å². The predicted octanol–water partition coefficient (Wildman–Crippen LogP) is 2.50. The number of hydrogen-bond donors (Lipinski definition) is 0. The number of aryl methyl sites for hydroxylation is 1. The van der Waals surface area contributed by atoms with Crippen LogP contribution < -0.4 is 0 Å². The van der Waals surface area contributed by atoms with Gasteiger partial charge in [0.15, 0.2) is 0 Å². The number of alkyl halides is 1. The lowest BCUT2D eigenvalue weighted by Gasteiger charge is -2.00. The van der Waals surface area contributed by atoms with Gasteiger partial charge in [0, 0.05) is 0 Å². The van der Waals surface area contributed by atoms with E-state index in [1.165, 1.54) is 0 Å². The van der Waals surface area contributed by atoms with Crippen molar-refractivity contribution in [2.45, 2.75) is 6.92 Å². The van der Waals surface area contributed by atoms with E-state index in [1.54, 1.807) is 12.1 Å². The molecule has 1 aromatic rings. The van der Waals surface area contributed by atoms with Crippen LogP contribution in [0, 0.1) is 6.92 Å². The van der Waals surface area contributed by atoms with Gasteiger partial charge in [0.05, 0.1) is 5.56 Å². The molecule has 0 aromatic heterocycles. The molecule has 0 unspecified atom stereocenters. The second-order valence-electron chi connectivity index (χ2n) is 2.41. The number of rotatable bonds is 2. The fourth-order valence-corrected chi connectivity index (χ4v) is 1.11. The Morgan fingerprint density at radius 3 is 2.92 bits per heavy atom. The van der Waals surface area contributed by atoms with Crippen molar-refractivity contribution in [1.82, 2.24) is 0 Å². The van der Waals surface area contributed by atoms with Gasteiger partial charge < -0.3 is 4.74 Å². The summed E-state index contributed by atoms with van der Waals surface area (Å²) in [6.07, 6.45) is 0. The van der Waals surface area contributed by atoms with E-state index in [0.29, 0.717) is 5.56 Å². The van der Waals surface area contributed by atoms with Gasteiger partial charge in [-0.25, -0.2) is 4.79 Å². The maximum absolute atomic E-state index is 11.1. The van der Waals surface area contributed by atoms with Crippen molar-refractivity contribution in [2.75, 3.05) is 5.52 Å². The number of carbonyl (C=O) groups is 1. The highest BCUT2D eigenvalue weighted by molar-refractivity contribution is 9.09. The topological polar surface area (TPSA) is 26.3 Å². The van der Waals surface area contributed by atoms with Crippen LogP contribution in [0.4, 0.5) is 0 Å². The lowest BCUT2D eigenvalue weighted by Crippen LogP contribution is -2.03. The van der Waals surface area contributed by atoms with Crippen LogP contribution in [0.2, 0.25) is 0 Å². The molecule has 0 aliphatic rings. The van der Waals surface area contributed by atoms with E-state index in [2.05, 4.69) is 15.9 Å². The van der Waals surface area contributed by atoms with Gasteiger partial charge in [-0.2, -0.15) is 0 Å². The van der Waals surface area contributed by atoms with Gasteiger partial charge in [-0.05, 0) is 35.0 Å². The third-order valence-electron chi connectivity index (χ3n) is 1.44. The zero-order valence-electron chi connectivity index (χ0n) is 6.71. The molecule has 0 fully saturated rings. The van der Waals surface area contributed by atoms with Gasteiger partial charge in [0.25, 0.3) is 0 Å². The van der Waals surface area contributed by atoms with Gasteiger partial charge in [-0.15, -0.1) is 0 Å². The first-order valence-corrected chi connectivity index (χ1v) is 4.66. The Bertz CT molecular complexity index is 284. The van der Waals surface area contributed by atoms with Gasteiger partial charge >= 0.3 is 5.97 Å². The molecule has 0 N–H and O–H groups in total. The Kier molecular flexibility index (Phi) is 3.29. The largest absolute Gasteiger partial charge is 0.450 e. The molecule has 64 valence electrons. The van der Waals surface area contributed by atoms with Gasteiger partial charge in [-0.3, -0.25) is 0 Å². The minimum Gasteiger partial charge on any atom is -0.450 e. The van der Waals surface area contributed by atoms with E-state index in [0.717, 1.165) is 5.56 Å². The Morgan fingerprint density at radius 1 is 1.58 bits per heavy atom. The molecular formula is C9H9BrO2. The van der Waals surface area contributed by atoms with Crippen molar-refractivity contribution in [3.63, 3.8) is 0 Å². The Morgan fingerprint density at radius 2 is 2.33 bits per heavy atom. The van der Waals surface area contributed by atoms with E-state index in [9.17, 15) is 4.79 Å². The molecule has 0 saturated carbocycles. The molecule has 3 heteroatoms. The van der Waals surface area contributed by atoms with E-state index in [1.807, 2.05) is 19.1 Å². The van der Waals surface area contributed by atoms with Crippen LogP contribution in [0.3, 0.4) is 0 Å². The van der Waals surface area contributed by atoms with Crippen molar-refractivity contribution in [2.24, 2.45) is 0 Å². The van der Waals surface area contributed by atoms with Crippen LogP contribution in [0.25, 0.3) is 0 Å². The number of halogens is 1. The molecule has 0 amide bonds. The summed E-state index contributed by atoms with van der Waals surface area (Å²) in [6.45, 7) is 1.94. The summed E-state index contributed by atoms with van der Waals surface area (Å²) in [5.41, 5.74) is 1.88. The minimum atomic E-state index is -0.296. The monoisotopic (exact) mass is 228 g/mol. The molecule has 0 bridgehead atoms. The summed E-state index contributed by atoms with van der Waals surface area (Å²) in [6, 6.07) is 7.30. The third kappa shape index (κ3) is 2.34. The van der Waals surface area contributed by atoms with Crippen LogP contribution in [0.5, 0.6) is 0 Å². The summed E-state index contributed by atoms with van der Waals surface area (Å²) in [4.78, 5) is 11.1. The zero-order valence-corrected chi connectivity index (χ0v) is 8.30. The van der Waals surface area contributed by atoms with E-state index in [-0.39, 0.29) is 11.5 Å². The minimum absolute atomic E-state index is 0.236. The molecule has 0 heterocycles. The molecular weight excluding hydrogens is 220 g/mol. The Balaban J connectivity index is 2.81. The van der Waals surface area contributed by atoms with E-state index >= 15 is 0 Å². The summed E-state index contributed by atoms with van der Waals surface area (Å²) in [5, 5.41) is 0. The molecule has 0 aliphatic heterocycles. The zero-order chi connectivity index (χ0) is 8.97. The number of ether oxygens (including phenoxy) is 1. The summed E-state index contributed by atoms with van der Waals surface area (Å²) >= 11 is 3.02. The summed E-state index contributed by atoms with van der Waals surface area (Å²) < 4.78 is 4.76. The second-order valence-corrected chi connectivity index (χ2v) is 2.87. The number of benzene rings is 1. The predicted molar refractivity (Wildman–Crippen MR) is 50.4 cm³/mol. The first-order chi connectivity index (χ1) is 5.74. The van der Waals surface area contributed by atoms with E-state index < -0.39 is 0 Å². The van der Waals surface area contributed by atoms with Crippen LogP contribution >= 0.6 is 15.9 Å². The SMILES string of the molecule is Cc1cccc(C(=O)OCBr)c1. The smallest absolute Gasteiger partial charge is 0.338 e. The standard InChI is InChI=1S/C9H9BrO2/c1-7-3-2-4-8(5-7)9(11)12-6-10/h2-5H,6H2,1H3. The normalized spacial score (nSPS) is 9.50. The fraction of sp³-hybridized carbons (Fsp3) is 0.222. The molecule has 12 heavy (non-hydrogen) atoms. The average Bonchev–Trinajstić information content (AvgIpc) is 2.05. The molecule has 1 aromatic carbocycles. The molecule has 0 saturated heterocycles. The van der Waals surface area contributed by atoms with Crippen molar-refractivity contribution in [3.05, 3.63) is 35.4 Å². The van der Waals surface area contributed by atoms with Crippen LogP contribution in [0.1, 0.15) is 15.9 Å². The van der Waals surface area contributed by atoms with Crippen LogP contribution in [-0.2, 0) is 4.74 Å².